The number of carbonyl (C=O) groups is 2. The lowest BCUT2D eigenvalue weighted by atomic mass is 10.0. The molecular weight excluding hydrogens is 196 g/mol. The van der Waals surface area contributed by atoms with E-state index in [1.807, 2.05) is 6.92 Å². The Hall–Kier alpha value is -1.10. The van der Waals surface area contributed by atoms with Crippen LogP contribution in [-0.4, -0.2) is 29.1 Å². The van der Waals surface area contributed by atoms with Gasteiger partial charge in [0.15, 0.2) is 0 Å². The highest BCUT2D eigenvalue weighted by Gasteiger charge is 2.25. The molecule has 0 fully saturated rings. The molecule has 0 aromatic heterocycles. The van der Waals surface area contributed by atoms with Crippen LogP contribution in [0.1, 0.15) is 33.6 Å². The van der Waals surface area contributed by atoms with Crippen LogP contribution >= 0.6 is 0 Å². The molecule has 0 spiro atoms. The summed E-state index contributed by atoms with van der Waals surface area (Å²) >= 11 is 0. The fourth-order valence-corrected chi connectivity index (χ4v) is 1.22. The van der Waals surface area contributed by atoms with Crippen LogP contribution in [0, 0.1) is 5.92 Å². The lowest BCUT2D eigenvalue weighted by Gasteiger charge is -2.20. The van der Waals surface area contributed by atoms with Gasteiger partial charge in [-0.2, -0.15) is 0 Å². The lowest BCUT2D eigenvalue weighted by molar-refractivity contribution is -0.143. The quantitative estimate of drug-likeness (QED) is 0.597. The standard InChI is InChI=1S/C10H20N2O3/c1-4-5-7(11)9(13)12-8(6(2)3)10(14)15/h6-8H,4-5,11H2,1-3H3,(H,12,13)(H,14,15)/t7-,8?/m0/s1. The minimum absolute atomic E-state index is 0.153. The Bertz CT molecular complexity index is 229. The summed E-state index contributed by atoms with van der Waals surface area (Å²) in [5.74, 6) is -1.57. The van der Waals surface area contributed by atoms with E-state index in [-0.39, 0.29) is 5.92 Å². The van der Waals surface area contributed by atoms with Crippen molar-refractivity contribution in [3.63, 3.8) is 0 Å². The van der Waals surface area contributed by atoms with Gasteiger partial charge in [-0.3, -0.25) is 4.79 Å². The number of nitrogens with two attached hydrogens (primary N) is 1. The van der Waals surface area contributed by atoms with Crippen molar-refractivity contribution in [3.05, 3.63) is 0 Å². The van der Waals surface area contributed by atoms with E-state index in [2.05, 4.69) is 5.32 Å². The molecule has 4 N–H and O–H groups in total. The zero-order valence-electron chi connectivity index (χ0n) is 9.49. The first-order chi connectivity index (χ1) is 6.90. The summed E-state index contributed by atoms with van der Waals surface area (Å²) in [4.78, 5) is 22.3. The largest absolute Gasteiger partial charge is 0.480 e. The van der Waals surface area contributed by atoms with E-state index in [0.29, 0.717) is 6.42 Å². The Morgan fingerprint density at radius 1 is 1.40 bits per heavy atom. The van der Waals surface area contributed by atoms with Crippen LogP contribution in [0.3, 0.4) is 0 Å². The summed E-state index contributed by atoms with van der Waals surface area (Å²) in [5.41, 5.74) is 5.57. The molecule has 0 aromatic carbocycles. The van der Waals surface area contributed by atoms with Crippen LogP contribution < -0.4 is 11.1 Å². The van der Waals surface area contributed by atoms with E-state index in [4.69, 9.17) is 10.8 Å². The molecule has 0 aliphatic carbocycles. The number of carboxylic acids is 1. The molecule has 0 heterocycles. The van der Waals surface area contributed by atoms with Gasteiger partial charge in [0.2, 0.25) is 5.91 Å². The van der Waals surface area contributed by atoms with Crippen LogP contribution in [0.4, 0.5) is 0 Å². The van der Waals surface area contributed by atoms with Crippen molar-refractivity contribution >= 4 is 11.9 Å². The van der Waals surface area contributed by atoms with E-state index < -0.39 is 24.0 Å². The lowest BCUT2D eigenvalue weighted by Crippen LogP contribution is -2.50. The Morgan fingerprint density at radius 3 is 2.27 bits per heavy atom. The van der Waals surface area contributed by atoms with Crippen LogP contribution in [0.25, 0.3) is 0 Å². The third kappa shape index (κ3) is 4.78. The monoisotopic (exact) mass is 216 g/mol. The Labute approximate surface area is 90.0 Å². The van der Waals surface area contributed by atoms with Crippen molar-refractivity contribution < 1.29 is 14.7 Å². The number of nitrogens with one attached hydrogen (secondary N) is 1. The molecule has 15 heavy (non-hydrogen) atoms. The van der Waals surface area contributed by atoms with Crippen LogP contribution in [0.2, 0.25) is 0 Å². The van der Waals surface area contributed by atoms with Crippen LogP contribution in [0.5, 0.6) is 0 Å². The first kappa shape index (κ1) is 13.9. The van der Waals surface area contributed by atoms with Crippen LogP contribution in [-0.2, 0) is 9.59 Å². The topological polar surface area (TPSA) is 92.4 Å². The van der Waals surface area contributed by atoms with Gasteiger partial charge in [-0.25, -0.2) is 4.79 Å². The molecule has 0 radical (unpaired) electrons. The number of amides is 1. The number of hydrogen-bond donors (Lipinski definition) is 3. The predicted octanol–water partition coefficient (Wildman–Crippen LogP) is 0.339. The summed E-state index contributed by atoms with van der Waals surface area (Å²) in [7, 11) is 0. The number of carbonyl (C=O) groups excluding carboxylic acids is 1. The molecular formula is C10H20N2O3. The second-order valence-electron chi connectivity index (χ2n) is 3.96. The highest BCUT2D eigenvalue weighted by atomic mass is 16.4. The van der Waals surface area contributed by atoms with Gasteiger partial charge in [0.05, 0.1) is 6.04 Å². The predicted molar refractivity (Wildman–Crippen MR) is 57.3 cm³/mol. The van der Waals surface area contributed by atoms with Crippen molar-refractivity contribution in [2.75, 3.05) is 0 Å². The molecule has 0 aliphatic heterocycles. The van der Waals surface area contributed by atoms with E-state index in [0.717, 1.165) is 6.42 Å². The SMILES string of the molecule is CCC[C@H](N)C(=O)NC(C(=O)O)C(C)C. The number of aliphatic carboxylic acids is 1. The highest BCUT2D eigenvalue weighted by Crippen LogP contribution is 2.03. The second-order valence-corrected chi connectivity index (χ2v) is 3.96. The molecule has 88 valence electrons. The Balaban J connectivity index is 4.29. The third-order valence-corrected chi connectivity index (χ3v) is 2.17. The maximum Gasteiger partial charge on any atom is 0.326 e. The molecule has 5 nitrogen and oxygen atoms in total. The van der Waals surface area contributed by atoms with Gasteiger partial charge in [0.1, 0.15) is 6.04 Å². The molecule has 5 heteroatoms. The maximum atomic E-state index is 11.5. The van der Waals surface area contributed by atoms with E-state index in [1.165, 1.54) is 0 Å². The fourth-order valence-electron chi connectivity index (χ4n) is 1.22. The number of rotatable bonds is 6. The van der Waals surface area contributed by atoms with Crippen molar-refractivity contribution in [2.45, 2.75) is 45.7 Å². The molecule has 0 aromatic rings. The van der Waals surface area contributed by atoms with E-state index in [1.54, 1.807) is 13.8 Å². The van der Waals surface area contributed by atoms with Crippen molar-refractivity contribution in [1.82, 2.24) is 5.32 Å². The average Bonchev–Trinajstić information content (AvgIpc) is 2.12. The zero-order chi connectivity index (χ0) is 12.0. The number of carboxylic acid groups (broad SMARTS) is 1. The summed E-state index contributed by atoms with van der Waals surface area (Å²) in [6.45, 7) is 5.40. The fraction of sp³-hybridized carbons (Fsp3) is 0.800. The van der Waals surface area contributed by atoms with Gasteiger partial charge >= 0.3 is 5.97 Å². The molecule has 1 amide bonds. The van der Waals surface area contributed by atoms with Crippen LogP contribution in [0.15, 0.2) is 0 Å². The highest BCUT2D eigenvalue weighted by molar-refractivity contribution is 5.86. The molecule has 0 saturated carbocycles. The average molecular weight is 216 g/mol. The maximum absolute atomic E-state index is 11.5. The van der Waals surface area contributed by atoms with Gasteiger partial charge in [0, 0.05) is 0 Å². The molecule has 0 saturated heterocycles. The van der Waals surface area contributed by atoms with Crippen molar-refractivity contribution in [2.24, 2.45) is 11.7 Å². The molecule has 2 atom stereocenters. The Kier molecular flexibility index (Phi) is 5.93. The summed E-state index contributed by atoms with van der Waals surface area (Å²) in [6, 6.07) is -1.48. The second kappa shape index (κ2) is 6.40. The molecule has 0 rings (SSSR count). The summed E-state index contributed by atoms with van der Waals surface area (Å²) < 4.78 is 0. The Morgan fingerprint density at radius 2 is 1.93 bits per heavy atom. The minimum atomic E-state index is -1.03. The first-order valence-corrected chi connectivity index (χ1v) is 5.18. The van der Waals surface area contributed by atoms with Gasteiger partial charge < -0.3 is 16.2 Å². The molecule has 1 unspecified atom stereocenters. The zero-order valence-corrected chi connectivity index (χ0v) is 9.49. The van der Waals surface area contributed by atoms with Gasteiger partial charge in [-0.05, 0) is 12.3 Å². The van der Waals surface area contributed by atoms with Crippen molar-refractivity contribution in [3.8, 4) is 0 Å². The van der Waals surface area contributed by atoms with Gasteiger partial charge in [-0.1, -0.05) is 27.2 Å². The first-order valence-electron chi connectivity index (χ1n) is 5.18. The van der Waals surface area contributed by atoms with Crippen molar-refractivity contribution in [1.29, 1.82) is 0 Å². The van der Waals surface area contributed by atoms with Gasteiger partial charge in [0.25, 0.3) is 0 Å². The number of hydrogen-bond acceptors (Lipinski definition) is 3. The van der Waals surface area contributed by atoms with Gasteiger partial charge in [-0.15, -0.1) is 0 Å². The normalized spacial score (nSPS) is 14.7. The smallest absolute Gasteiger partial charge is 0.326 e. The molecule has 0 aliphatic rings. The van der Waals surface area contributed by atoms with E-state index in [9.17, 15) is 9.59 Å². The summed E-state index contributed by atoms with van der Waals surface area (Å²) in [5, 5.41) is 11.3. The van der Waals surface area contributed by atoms with E-state index >= 15 is 0 Å². The minimum Gasteiger partial charge on any atom is -0.480 e. The summed E-state index contributed by atoms with van der Waals surface area (Å²) in [6.07, 6.45) is 1.37. The molecule has 0 bridgehead atoms. The third-order valence-electron chi connectivity index (χ3n) is 2.17.